The normalized spacial score (nSPS) is 12.0. The number of alkyl halides is 6. The third-order valence-electron chi connectivity index (χ3n) is 10.8. The van der Waals surface area contributed by atoms with Crippen LogP contribution in [0.5, 0.6) is 23.0 Å². The van der Waals surface area contributed by atoms with Crippen molar-refractivity contribution in [3.05, 3.63) is 129 Å². The number of rotatable bonds is 12. The van der Waals surface area contributed by atoms with E-state index in [1.807, 2.05) is 22.6 Å². The number of benzene rings is 3. The first kappa shape index (κ1) is 58.1. The summed E-state index contributed by atoms with van der Waals surface area (Å²) < 4.78 is 138. The van der Waals surface area contributed by atoms with Gasteiger partial charge in [0, 0.05) is 42.9 Å². The van der Waals surface area contributed by atoms with Crippen LogP contribution in [0.3, 0.4) is 0 Å². The lowest BCUT2D eigenvalue weighted by Gasteiger charge is -2.28. The van der Waals surface area contributed by atoms with Crippen LogP contribution >= 0.6 is 22.6 Å². The molecule has 0 spiro atoms. The molecule has 0 aliphatic rings. The van der Waals surface area contributed by atoms with Gasteiger partial charge in [0.2, 0.25) is 0 Å². The van der Waals surface area contributed by atoms with E-state index < -0.39 is 79.3 Å². The van der Waals surface area contributed by atoms with Crippen molar-refractivity contribution >= 4 is 63.4 Å². The van der Waals surface area contributed by atoms with E-state index in [9.17, 15) is 49.5 Å². The van der Waals surface area contributed by atoms with Gasteiger partial charge in [-0.2, -0.15) is 26.3 Å². The second-order valence-corrected chi connectivity index (χ2v) is 20.4. The highest BCUT2D eigenvalue weighted by atomic mass is 127. The monoisotopic (exact) mass is 1180 g/mol. The van der Waals surface area contributed by atoms with E-state index in [1.165, 1.54) is 68.2 Å². The standard InChI is InChI=1S/C31H31F4N3O5.C22H22F4IN3O3/c1-18-7-9-21(32)14-26(18)42-22-15-24(37(12-11-31(33,34)35)29(40)43-30(3,4)5)27-36-16-25(38(27)17-22)20-8-10-23(19(2)13-20)28(39)41-6;1-13-5-6-14(23)9-17(13)32-15-10-16(19-28-11-18(27)30(19)12-15)29(8-7-22(24,25)26)20(31)33-21(2,3)4/h7-10,13-17H,11-12H2,1-6H3;5-6,9-12H,7-8H2,1-4H3. The molecular weight excluding hydrogens is 1130 g/mol. The van der Waals surface area contributed by atoms with Gasteiger partial charge >= 0.3 is 30.5 Å². The molecule has 0 saturated carbocycles. The number of aryl methyl sites for hydroxylation is 3. The highest BCUT2D eigenvalue weighted by Gasteiger charge is 2.35. The molecule has 406 valence electrons. The third kappa shape index (κ3) is 15.2. The van der Waals surface area contributed by atoms with Crippen LogP contribution in [0.2, 0.25) is 0 Å². The lowest BCUT2D eigenvalue weighted by atomic mass is 10.0. The molecule has 76 heavy (non-hydrogen) atoms. The van der Waals surface area contributed by atoms with Crippen molar-refractivity contribution in [2.45, 2.75) is 98.7 Å². The summed E-state index contributed by atoms with van der Waals surface area (Å²) >= 11 is 2.00. The lowest BCUT2D eigenvalue weighted by Crippen LogP contribution is -2.39. The van der Waals surface area contributed by atoms with Gasteiger partial charge in [0.05, 0.1) is 67.4 Å². The highest BCUT2D eigenvalue weighted by Crippen LogP contribution is 2.38. The topological polar surface area (TPSA) is 138 Å². The van der Waals surface area contributed by atoms with E-state index in [-0.39, 0.29) is 45.7 Å². The number of ether oxygens (including phenoxy) is 5. The SMILES string of the molecule is COC(=O)c1ccc(-c2cnc3c(N(CCC(F)(F)F)C(=O)OC(C)(C)C)cc(Oc4cc(F)ccc4C)cn23)cc1C.Cc1ccc(F)cc1Oc1cc(N(CCC(F)(F)F)C(=O)OC(C)(C)C)c2ncc(I)n2c1. The summed E-state index contributed by atoms with van der Waals surface area (Å²) in [5.41, 5.74) is 1.83. The van der Waals surface area contributed by atoms with Crippen LogP contribution in [0.25, 0.3) is 22.6 Å². The quantitative estimate of drug-likeness (QED) is 0.0503. The molecule has 3 aromatic carbocycles. The number of nitrogens with zero attached hydrogens (tertiary/aromatic N) is 6. The summed E-state index contributed by atoms with van der Waals surface area (Å²) in [5, 5.41) is 0. The Morgan fingerprint density at radius 2 is 1.05 bits per heavy atom. The summed E-state index contributed by atoms with van der Waals surface area (Å²) in [7, 11) is 1.28. The minimum atomic E-state index is -4.57. The lowest BCUT2D eigenvalue weighted by molar-refractivity contribution is -0.133. The largest absolute Gasteiger partial charge is 0.465 e. The number of carbonyl (C=O) groups excluding carboxylic acids is 3. The van der Waals surface area contributed by atoms with Crippen LogP contribution in [0.15, 0.2) is 91.5 Å². The van der Waals surface area contributed by atoms with Gasteiger partial charge < -0.3 is 23.7 Å². The maximum Gasteiger partial charge on any atom is 0.414 e. The molecule has 0 aliphatic carbocycles. The van der Waals surface area contributed by atoms with Crippen LogP contribution < -0.4 is 19.3 Å². The fraction of sp³-hybridized carbons (Fsp3) is 0.340. The average Bonchev–Trinajstić information content (AvgIpc) is 3.90. The number of carbonyl (C=O) groups is 3. The van der Waals surface area contributed by atoms with Crippen LogP contribution in [0, 0.1) is 36.1 Å². The number of amides is 2. The van der Waals surface area contributed by atoms with Gasteiger partial charge in [0.1, 0.15) is 49.5 Å². The molecule has 2 amide bonds. The number of methoxy groups -OCH3 is 1. The molecule has 0 bridgehead atoms. The van der Waals surface area contributed by atoms with E-state index >= 15 is 0 Å². The Morgan fingerprint density at radius 3 is 1.49 bits per heavy atom. The Bertz CT molecular complexity index is 3270. The van der Waals surface area contributed by atoms with E-state index in [2.05, 4.69) is 9.97 Å². The molecular formula is C53H53F8IN6O8. The van der Waals surface area contributed by atoms with Gasteiger partial charge in [-0.1, -0.05) is 18.2 Å². The summed E-state index contributed by atoms with van der Waals surface area (Å²) in [6.07, 6.45) is -7.49. The first-order valence-corrected chi connectivity index (χ1v) is 24.3. The Morgan fingerprint density at radius 1 is 0.605 bits per heavy atom. The number of anilines is 2. The van der Waals surface area contributed by atoms with Crippen LogP contribution in [0.1, 0.15) is 81.4 Å². The maximum atomic E-state index is 14.1. The molecule has 0 unspecified atom stereocenters. The molecule has 23 heteroatoms. The van der Waals surface area contributed by atoms with Crippen molar-refractivity contribution in [1.82, 2.24) is 18.8 Å². The van der Waals surface area contributed by atoms with E-state index in [0.29, 0.717) is 37.2 Å². The molecule has 0 fully saturated rings. The second-order valence-electron chi connectivity index (χ2n) is 19.3. The van der Waals surface area contributed by atoms with E-state index in [1.54, 1.807) is 102 Å². The number of halogens is 9. The molecule has 0 atom stereocenters. The van der Waals surface area contributed by atoms with Crippen molar-refractivity contribution < 1.29 is 73.2 Å². The molecule has 0 N–H and O–H groups in total. The molecule has 0 radical (unpaired) electrons. The molecule has 7 rings (SSSR count). The molecule has 7 aromatic rings. The number of hydrogen-bond donors (Lipinski definition) is 0. The van der Waals surface area contributed by atoms with Gasteiger partial charge in [0.25, 0.3) is 0 Å². The van der Waals surface area contributed by atoms with E-state index in [4.69, 9.17) is 23.7 Å². The predicted octanol–water partition coefficient (Wildman–Crippen LogP) is 14.9. The smallest absolute Gasteiger partial charge is 0.414 e. The van der Waals surface area contributed by atoms with E-state index in [0.717, 1.165) is 9.80 Å². The second kappa shape index (κ2) is 23.0. The fourth-order valence-corrected chi connectivity index (χ4v) is 7.81. The number of fused-ring (bicyclic) bond motifs is 2. The summed E-state index contributed by atoms with van der Waals surface area (Å²) in [6, 6.07) is 15.7. The van der Waals surface area contributed by atoms with Gasteiger partial charge in [-0.3, -0.25) is 18.6 Å². The number of esters is 1. The van der Waals surface area contributed by atoms with Gasteiger partial charge in [-0.05, 0) is 126 Å². The Kier molecular flexibility index (Phi) is 17.6. The number of imidazole rings is 2. The molecule has 4 aromatic heterocycles. The first-order chi connectivity index (χ1) is 35.3. The first-order valence-electron chi connectivity index (χ1n) is 23.2. The maximum absolute atomic E-state index is 14.1. The minimum Gasteiger partial charge on any atom is -0.465 e. The fourth-order valence-electron chi connectivity index (χ4n) is 7.30. The van der Waals surface area contributed by atoms with Gasteiger partial charge in [-0.25, -0.2) is 33.1 Å². The van der Waals surface area contributed by atoms with Crippen LogP contribution in [0.4, 0.5) is 56.1 Å². The molecule has 4 heterocycles. The van der Waals surface area contributed by atoms with Crippen molar-refractivity contribution in [3.63, 3.8) is 0 Å². The molecule has 0 aliphatic heterocycles. The van der Waals surface area contributed by atoms with Crippen molar-refractivity contribution in [3.8, 4) is 34.3 Å². The summed E-state index contributed by atoms with van der Waals surface area (Å²) in [5.74, 6) is -0.884. The number of hydrogen-bond acceptors (Lipinski definition) is 10. The molecule has 0 saturated heterocycles. The van der Waals surface area contributed by atoms with Crippen LogP contribution in [-0.4, -0.2) is 80.7 Å². The molecule has 14 nitrogen and oxygen atoms in total. The Labute approximate surface area is 445 Å². The van der Waals surface area contributed by atoms with Crippen molar-refractivity contribution in [2.24, 2.45) is 0 Å². The zero-order valence-corrected chi connectivity index (χ0v) is 45.0. The van der Waals surface area contributed by atoms with Crippen LogP contribution in [-0.2, 0) is 14.2 Å². The summed E-state index contributed by atoms with van der Waals surface area (Å²) in [4.78, 5) is 48.8. The zero-order chi connectivity index (χ0) is 56.2. The number of pyridine rings is 2. The zero-order valence-electron chi connectivity index (χ0n) is 42.8. The van der Waals surface area contributed by atoms with Gasteiger partial charge in [-0.15, -0.1) is 0 Å². The third-order valence-corrected chi connectivity index (χ3v) is 11.6. The highest BCUT2D eigenvalue weighted by molar-refractivity contribution is 14.1. The minimum absolute atomic E-state index is 0.0146. The summed E-state index contributed by atoms with van der Waals surface area (Å²) in [6.45, 7) is 13.4. The Hall–Kier alpha value is -7.18. The number of aromatic nitrogens is 4. The van der Waals surface area contributed by atoms with Crippen molar-refractivity contribution in [1.29, 1.82) is 0 Å². The predicted molar refractivity (Wildman–Crippen MR) is 276 cm³/mol. The average molecular weight is 1180 g/mol. The van der Waals surface area contributed by atoms with Gasteiger partial charge in [0.15, 0.2) is 11.3 Å². The van der Waals surface area contributed by atoms with Crippen molar-refractivity contribution in [2.75, 3.05) is 30.0 Å². The Balaban J connectivity index is 0.000000255.